The van der Waals surface area contributed by atoms with Crippen LogP contribution in [0, 0.1) is 5.41 Å². The highest BCUT2D eigenvalue weighted by molar-refractivity contribution is 6.30. The summed E-state index contributed by atoms with van der Waals surface area (Å²) in [4.78, 5) is 12.5. The lowest BCUT2D eigenvalue weighted by atomic mass is 9.99. The molecule has 0 saturated carbocycles. The van der Waals surface area contributed by atoms with Crippen LogP contribution in [0.25, 0.3) is 10.8 Å². The van der Waals surface area contributed by atoms with E-state index in [0.29, 0.717) is 17.1 Å². The average molecular weight is 323 g/mol. The Balaban J connectivity index is 1.86. The first-order chi connectivity index (χ1) is 11.2. The number of hydrogen-bond donors (Lipinski definition) is 2. The summed E-state index contributed by atoms with van der Waals surface area (Å²) >= 11 is 5.86. The number of rotatable bonds is 4. The number of carbonyl (C=O) groups is 1. The molecule has 23 heavy (non-hydrogen) atoms. The van der Waals surface area contributed by atoms with E-state index in [2.05, 4.69) is 5.32 Å². The number of amides is 1. The van der Waals surface area contributed by atoms with Gasteiger partial charge in [0.15, 0.2) is 0 Å². The van der Waals surface area contributed by atoms with Crippen LogP contribution in [-0.2, 0) is 6.54 Å². The standard InChI is InChI=1S/C19H15ClN2O/c20-15-8-5-13(6-9-15)12-22-19(23)18-10-7-14(11-21)16-3-1-2-4-17(16)18/h1-11,21H,12H2,(H,22,23). The molecule has 0 bridgehead atoms. The Kier molecular flexibility index (Phi) is 4.40. The van der Waals surface area contributed by atoms with Crippen LogP contribution in [0.4, 0.5) is 0 Å². The summed E-state index contributed by atoms with van der Waals surface area (Å²) in [6.07, 6.45) is 1.30. The van der Waals surface area contributed by atoms with Gasteiger partial charge < -0.3 is 10.7 Å². The first-order valence-corrected chi connectivity index (χ1v) is 7.61. The third kappa shape index (κ3) is 3.25. The van der Waals surface area contributed by atoms with Crippen LogP contribution in [0.1, 0.15) is 21.5 Å². The number of nitrogens with one attached hydrogen (secondary N) is 2. The summed E-state index contributed by atoms with van der Waals surface area (Å²) in [6.45, 7) is 0.441. The van der Waals surface area contributed by atoms with Crippen LogP contribution in [0.3, 0.4) is 0 Å². The SMILES string of the molecule is N=Cc1ccc(C(=O)NCc2ccc(Cl)cc2)c2ccccc12. The smallest absolute Gasteiger partial charge is 0.252 e. The van der Waals surface area contributed by atoms with Crippen LogP contribution < -0.4 is 5.32 Å². The maximum absolute atomic E-state index is 12.5. The minimum Gasteiger partial charge on any atom is -0.348 e. The molecule has 0 saturated heterocycles. The largest absolute Gasteiger partial charge is 0.348 e. The minimum absolute atomic E-state index is 0.132. The molecule has 0 heterocycles. The van der Waals surface area contributed by atoms with Crippen molar-refractivity contribution >= 4 is 34.5 Å². The Morgan fingerprint density at radius 2 is 1.70 bits per heavy atom. The molecule has 1 amide bonds. The lowest BCUT2D eigenvalue weighted by molar-refractivity contribution is 0.0952. The average Bonchev–Trinajstić information content (AvgIpc) is 2.60. The van der Waals surface area contributed by atoms with Gasteiger partial charge in [0, 0.05) is 23.3 Å². The summed E-state index contributed by atoms with van der Waals surface area (Å²) in [5.41, 5.74) is 2.40. The van der Waals surface area contributed by atoms with Gasteiger partial charge in [0.25, 0.3) is 5.91 Å². The molecule has 0 aromatic heterocycles. The van der Waals surface area contributed by atoms with Gasteiger partial charge in [-0.3, -0.25) is 4.79 Å². The number of benzene rings is 3. The Morgan fingerprint density at radius 1 is 1.00 bits per heavy atom. The van der Waals surface area contributed by atoms with Crippen molar-refractivity contribution in [3.05, 3.63) is 82.4 Å². The number of hydrogen-bond acceptors (Lipinski definition) is 2. The molecule has 3 aromatic rings. The normalized spacial score (nSPS) is 10.5. The predicted molar refractivity (Wildman–Crippen MR) is 94.5 cm³/mol. The van der Waals surface area contributed by atoms with E-state index in [1.165, 1.54) is 6.21 Å². The van der Waals surface area contributed by atoms with Gasteiger partial charge in [-0.25, -0.2) is 0 Å². The summed E-state index contributed by atoms with van der Waals surface area (Å²) in [6, 6.07) is 18.6. The summed E-state index contributed by atoms with van der Waals surface area (Å²) < 4.78 is 0. The van der Waals surface area contributed by atoms with Gasteiger partial charge in [0.05, 0.1) is 0 Å². The Bertz CT molecular complexity index is 872. The molecule has 0 atom stereocenters. The fourth-order valence-electron chi connectivity index (χ4n) is 2.53. The van der Waals surface area contributed by atoms with Crippen molar-refractivity contribution in [3.8, 4) is 0 Å². The second kappa shape index (κ2) is 6.63. The topological polar surface area (TPSA) is 53.0 Å². The first-order valence-electron chi connectivity index (χ1n) is 7.24. The summed E-state index contributed by atoms with van der Waals surface area (Å²) in [5, 5.41) is 12.8. The lowest BCUT2D eigenvalue weighted by Gasteiger charge is -2.10. The van der Waals surface area contributed by atoms with Crippen LogP contribution in [0.5, 0.6) is 0 Å². The molecule has 3 rings (SSSR count). The third-order valence-corrected chi connectivity index (χ3v) is 3.98. The second-order valence-corrected chi connectivity index (χ2v) is 5.64. The van der Waals surface area contributed by atoms with E-state index in [1.807, 2.05) is 36.4 Å². The maximum Gasteiger partial charge on any atom is 0.252 e. The maximum atomic E-state index is 12.5. The van der Waals surface area contributed by atoms with Crippen molar-refractivity contribution in [3.63, 3.8) is 0 Å². The van der Waals surface area contributed by atoms with Gasteiger partial charge in [0.1, 0.15) is 0 Å². The second-order valence-electron chi connectivity index (χ2n) is 5.20. The molecule has 3 nitrogen and oxygen atoms in total. The molecular formula is C19H15ClN2O. The number of fused-ring (bicyclic) bond motifs is 1. The van der Waals surface area contributed by atoms with Crippen molar-refractivity contribution in [2.75, 3.05) is 0 Å². The molecule has 0 radical (unpaired) electrons. The van der Waals surface area contributed by atoms with Crippen LogP contribution in [-0.4, -0.2) is 12.1 Å². The number of halogens is 1. The van der Waals surface area contributed by atoms with E-state index in [0.717, 1.165) is 21.9 Å². The summed E-state index contributed by atoms with van der Waals surface area (Å²) in [5.74, 6) is -0.132. The lowest BCUT2D eigenvalue weighted by Crippen LogP contribution is -2.23. The highest BCUT2D eigenvalue weighted by Crippen LogP contribution is 2.22. The quantitative estimate of drug-likeness (QED) is 0.686. The van der Waals surface area contributed by atoms with Gasteiger partial charge in [-0.1, -0.05) is 54.1 Å². The third-order valence-electron chi connectivity index (χ3n) is 3.72. The Hall–Kier alpha value is -2.65. The monoisotopic (exact) mass is 322 g/mol. The van der Waals surface area contributed by atoms with Crippen LogP contribution >= 0.6 is 11.6 Å². The minimum atomic E-state index is -0.132. The molecule has 3 aromatic carbocycles. The van der Waals surface area contributed by atoms with E-state index in [9.17, 15) is 4.79 Å². The van der Waals surface area contributed by atoms with E-state index in [4.69, 9.17) is 17.0 Å². The van der Waals surface area contributed by atoms with E-state index in [1.54, 1.807) is 24.3 Å². The molecule has 0 fully saturated rings. The van der Waals surface area contributed by atoms with Crippen molar-refractivity contribution < 1.29 is 4.79 Å². The van der Waals surface area contributed by atoms with E-state index in [-0.39, 0.29) is 5.91 Å². The van der Waals surface area contributed by atoms with Crippen molar-refractivity contribution in [2.24, 2.45) is 0 Å². The van der Waals surface area contributed by atoms with Gasteiger partial charge in [-0.15, -0.1) is 0 Å². The highest BCUT2D eigenvalue weighted by atomic mass is 35.5. The fourth-order valence-corrected chi connectivity index (χ4v) is 2.65. The van der Waals surface area contributed by atoms with Crippen LogP contribution in [0.2, 0.25) is 5.02 Å². The molecule has 0 spiro atoms. The molecular weight excluding hydrogens is 308 g/mol. The molecule has 0 aliphatic carbocycles. The molecule has 0 unspecified atom stereocenters. The Morgan fingerprint density at radius 3 is 2.39 bits per heavy atom. The molecule has 0 aliphatic heterocycles. The Labute approximate surface area is 139 Å². The van der Waals surface area contributed by atoms with Gasteiger partial charge in [-0.2, -0.15) is 0 Å². The first kappa shape index (κ1) is 15.3. The van der Waals surface area contributed by atoms with Gasteiger partial charge in [0.2, 0.25) is 0 Å². The molecule has 2 N–H and O–H groups in total. The van der Waals surface area contributed by atoms with Gasteiger partial charge in [-0.05, 0) is 40.1 Å². The van der Waals surface area contributed by atoms with Crippen molar-refractivity contribution in [2.45, 2.75) is 6.54 Å². The van der Waals surface area contributed by atoms with Gasteiger partial charge >= 0.3 is 0 Å². The van der Waals surface area contributed by atoms with Crippen molar-refractivity contribution in [1.82, 2.24) is 5.32 Å². The fraction of sp³-hybridized carbons (Fsp3) is 0.0526. The highest BCUT2D eigenvalue weighted by Gasteiger charge is 2.11. The van der Waals surface area contributed by atoms with Crippen molar-refractivity contribution in [1.29, 1.82) is 5.41 Å². The zero-order valence-electron chi connectivity index (χ0n) is 12.3. The molecule has 0 aliphatic rings. The molecule has 114 valence electrons. The zero-order chi connectivity index (χ0) is 16.2. The number of carbonyl (C=O) groups excluding carboxylic acids is 1. The zero-order valence-corrected chi connectivity index (χ0v) is 13.1. The predicted octanol–water partition coefficient (Wildman–Crippen LogP) is 4.42. The van der Waals surface area contributed by atoms with E-state index >= 15 is 0 Å². The summed E-state index contributed by atoms with van der Waals surface area (Å²) in [7, 11) is 0. The molecule has 4 heteroatoms. The van der Waals surface area contributed by atoms with E-state index < -0.39 is 0 Å². The van der Waals surface area contributed by atoms with Crippen LogP contribution in [0.15, 0.2) is 60.7 Å².